The van der Waals surface area contributed by atoms with Crippen molar-refractivity contribution in [2.75, 3.05) is 0 Å². The molecular formula is C15H19N3O3. The highest BCUT2D eigenvalue weighted by molar-refractivity contribution is 5.47. The van der Waals surface area contributed by atoms with E-state index in [-0.39, 0.29) is 10.6 Å². The largest absolute Gasteiger partial charge is 0.388 e. The molecule has 0 spiro atoms. The molecule has 2 heterocycles. The molecule has 1 N–H and O–H groups in total. The zero-order valence-electron chi connectivity index (χ0n) is 12.4. The topological polar surface area (TPSA) is 81.2 Å². The fourth-order valence-electron chi connectivity index (χ4n) is 2.37. The maximum absolute atomic E-state index is 11.1. The number of aromatic nitrogens is 2. The maximum atomic E-state index is 11.1. The first-order valence-electron chi connectivity index (χ1n) is 6.87. The van der Waals surface area contributed by atoms with Crippen LogP contribution in [0.4, 0.5) is 5.69 Å². The zero-order chi connectivity index (χ0) is 15.6. The van der Waals surface area contributed by atoms with Gasteiger partial charge < -0.3 is 9.67 Å². The molecule has 0 saturated carbocycles. The Morgan fingerprint density at radius 1 is 1.48 bits per heavy atom. The average Bonchev–Trinajstić information content (AvgIpc) is 2.89. The third-order valence-corrected chi connectivity index (χ3v) is 3.64. The van der Waals surface area contributed by atoms with E-state index < -0.39 is 6.10 Å². The van der Waals surface area contributed by atoms with Gasteiger partial charge in [-0.1, -0.05) is 6.92 Å². The Kier molecular flexibility index (Phi) is 4.37. The Labute approximate surface area is 123 Å². The molecular weight excluding hydrogens is 270 g/mol. The summed E-state index contributed by atoms with van der Waals surface area (Å²) in [6.07, 6.45) is 5.40. The molecule has 0 radical (unpaired) electrons. The molecule has 0 aliphatic heterocycles. The minimum Gasteiger partial charge on any atom is -0.388 e. The smallest absolute Gasteiger partial charge is 0.278 e. The summed E-state index contributed by atoms with van der Waals surface area (Å²) in [4.78, 5) is 15.1. The molecule has 6 nitrogen and oxygen atoms in total. The van der Waals surface area contributed by atoms with Gasteiger partial charge in [0.05, 0.1) is 28.8 Å². The first kappa shape index (κ1) is 15.2. The van der Waals surface area contributed by atoms with Crippen molar-refractivity contribution in [2.24, 2.45) is 0 Å². The molecule has 2 aromatic rings. The van der Waals surface area contributed by atoms with Crippen molar-refractivity contribution >= 4 is 5.69 Å². The van der Waals surface area contributed by atoms with Crippen molar-refractivity contribution in [3.8, 4) is 0 Å². The molecule has 0 aliphatic carbocycles. The molecule has 2 rings (SSSR count). The van der Waals surface area contributed by atoms with Gasteiger partial charge in [-0.15, -0.1) is 0 Å². The first-order chi connectivity index (χ1) is 9.93. The molecule has 112 valence electrons. The van der Waals surface area contributed by atoms with Crippen LogP contribution in [0.5, 0.6) is 0 Å². The molecule has 0 bridgehead atoms. The van der Waals surface area contributed by atoms with Crippen LogP contribution in [0.3, 0.4) is 0 Å². The average molecular weight is 289 g/mol. The van der Waals surface area contributed by atoms with E-state index >= 15 is 0 Å². The second kappa shape index (κ2) is 6.05. The van der Waals surface area contributed by atoms with E-state index in [1.165, 1.54) is 6.20 Å². The monoisotopic (exact) mass is 289 g/mol. The lowest BCUT2D eigenvalue weighted by atomic mass is 10.1. The standard InChI is InChI=1S/C15H19N3O3/c1-4-14(19)12-5-6-17(8-12)9-13-11(3)15(18(20)21)10(2)7-16-13/h5-8,14,19H,4,9H2,1-3H3. The Balaban J connectivity index is 2.30. The predicted octanol–water partition coefficient (Wildman–Crippen LogP) is 2.90. The van der Waals surface area contributed by atoms with Crippen molar-refractivity contribution in [3.05, 3.63) is 57.2 Å². The second-order valence-electron chi connectivity index (χ2n) is 5.16. The van der Waals surface area contributed by atoms with Crippen LogP contribution in [-0.4, -0.2) is 19.6 Å². The van der Waals surface area contributed by atoms with Crippen LogP contribution < -0.4 is 0 Å². The summed E-state index contributed by atoms with van der Waals surface area (Å²) in [5.74, 6) is 0. The van der Waals surface area contributed by atoms with E-state index in [2.05, 4.69) is 4.98 Å². The quantitative estimate of drug-likeness (QED) is 0.678. The molecule has 21 heavy (non-hydrogen) atoms. The van der Waals surface area contributed by atoms with Gasteiger partial charge in [-0.2, -0.15) is 0 Å². The van der Waals surface area contributed by atoms with Crippen molar-refractivity contribution in [2.45, 2.75) is 39.8 Å². The van der Waals surface area contributed by atoms with Crippen molar-refractivity contribution in [3.63, 3.8) is 0 Å². The van der Waals surface area contributed by atoms with Crippen LogP contribution >= 0.6 is 0 Å². The lowest BCUT2D eigenvalue weighted by Crippen LogP contribution is -2.06. The molecule has 2 aromatic heterocycles. The maximum Gasteiger partial charge on any atom is 0.278 e. The summed E-state index contributed by atoms with van der Waals surface area (Å²) >= 11 is 0. The third kappa shape index (κ3) is 3.11. The number of hydrogen-bond donors (Lipinski definition) is 1. The number of aryl methyl sites for hydroxylation is 1. The minimum absolute atomic E-state index is 0.126. The van der Waals surface area contributed by atoms with Gasteiger partial charge in [0.25, 0.3) is 5.69 Å². The SMILES string of the molecule is CCC(O)c1ccn(Cc2ncc(C)c([N+](=O)[O-])c2C)c1. The number of aliphatic hydroxyl groups excluding tert-OH is 1. The fraction of sp³-hybridized carbons (Fsp3) is 0.400. The van der Waals surface area contributed by atoms with E-state index in [4.69, 9.17) is 0 Å². The van der Waals surface area contributed by atoms with Gasteiger partial charge in [-0.3, -0.25) is 15.1 Å². The third-order valence-electron chi connectivity index (χ3n) is 3.64. The highest BCUT2D eigenvalue weighted by Crippen LogP contribution is 2.25. The Bertz CT molecular complexity index is 664. The summed E-state index contributed by atoms with van der Waals surface area (Å²) in [6, 6.07) is 1.85. The van der Waals surface area contributed by atoms with Crippen LogP contribution in [0.2, 0.25) is 0 Å². The summed E-state index contributed by atoms with van der Waals surface area (Å²) in [7, 11) is 0. The van der Waals surface area contributed by atoms with E-state index in [1.54, 1.807) is 13.8 Å². The number of nitrogens with zero attached hydrogens (tertiary/aromatic N) is 3. The van der Waals surface area contributed by atoms with Crippen molar-refractivity contribution < 1.29 is 10.0 Å². The van der Waals surface area contributed by atoms with Gasteiger partial charge in [0.1, 0.15) is 0 Å². The van der Waals surface area contributed by atoms with Crippen LogP contribution in [0.15, 0.2) is 24.7 Å². The first-order valence-corrected chi connectivity index (χ1v) is 6.87. The predicted molar refractivity (Wildman–Crippen MR) is 79.2 cm³/mol. The Morgan fingerprint density at radius 3 is 2.81 bits per heavy atom. The van der Waals surface area contributed by atoms with Gasteiger partial charge in [0, 0.05) is 24.2 Å². The number of rotatable bonds is 5. The van der Waals surface area contributed by atoms with Gasteiger partial charge in [0.2, 0.25) is 0 Å². The molecule has 0 amide bonds. The van der Waals surface area contributed by atoms with Crippen LogP contribution in [0.25, 0.3) is 0 Å². The number of hydrogen-bond acceptors (Lipinski definition) is 4. The molecule has 0 fully saturated rings. The number of aliphatic hydroxyl groups is 1. The zero-order valence-corrected chi connectivity index (χ0v) is 12.4. The van der Waals surface area contributed by atoms with Crippen LogP contribution in [0.1, 0.15) is 41.8 Å². The molecule has 0 aromatic carbocycles. The second-order valence-corrected chi connectivity index (χ2v) is 5.16. The summed E-state index contributed by atoms with van der Waals surface area (Å²) in [6.45, 7) is 5.77. The normalized spacial score (nSPS) is 12.4. The molecule has 0 saturated heterocycles. The summed E-state index contributed by atoms with van der Waals surface area (Å²) in [5.41, 5.74) is 2.79. The lowest BCUT2D eigenvalue weighted by Gasteiger charge is -2.09. The van der Waals surface area contributed by atoms with Gasteiger partial charge in [-0.25, -0.2) is 0 Å². The lowest BCUT2D eigenvalue weighted by molar-refractivity contribution is -0.386. The summed E-state index contributed by atoms with van der Waals surface area (Å²) in [5, 5.41) is 20.9. The van der Waals surface area contributed by atoms with Crippen molar-refractivity contribution in [1.29, 1.82) is 0 Å². The van der Waals surface area contributed by atoms with E-state index in [9.17, 15) is 15.2 Å². The number of nitro groups is 1. The van der Waals surface area contributed by atoms with Crippen molar-refractivity contribution in [1.82, 2.24) is 9.55 Å². The van der Waals surface area contributed by atoms with E-state index in [0.29, 0.717) is 29.8 Å². The Morgan fingerprint density at radius 2 is 2.19 bits per heavy atom. The van der Waals surface area contributed by atoms with E-state index in [0.717, 1.165) is 5.56 Å². The highest BCUT2D eigenvalue weighted by Gasteiger charge is 2.19. The van der Waals surface area contributed by atoms with Crippen LogP contribution in [-0.2, 0) is 6.54 Å². The Hall–Kier alpha value is -2.21. The molecule has 6 heteroatoms. The summed E-state index contributed by atoms with van der Waals surface area (Å²) < 4.78 is 1.88. The van der Waals surface area contributed by atoms with Gasteiger partial charge >= 0.3 is 0 Å². The minimum atomic E-state index is -0.479. The number of pyridine rings is 1. The highest BCUT2D eigenvalue weighted by atomic mass is 16.6. The van der Waals surface area contributed by atoms with Gasteiger partial charge in [0.15, 0.2) is 0 Å². The van der Waals surface area contributed by atoms with Gasteiger partial charge in [-0.05, 0) is 31.9 Å². The molecule has 0 aliphatic rings. The molecule has 1 unspecified atom stereocenters. The molecule has 1 atom stereocenters. The van der Waals surface area contributed by atoms with Crippen LogP contribution in [0, 0.1) is 24.0 Å². The van der Waals surface area contributed by atoms with E-state index in [1.807, 2.05) is 30.0 Å². The fourth-order valence-corrected chi connectivity index (χ4v) is 2.37.